The molecule has 1 N–H and O–H groups in total. The molecule has 1 aromatic carbocycles. The summed E-state index contributed by atoms with van der Waals surface area (Å²) < 4.78 is 32.6. The van der Waals surface area contributed by atoms with Crippen molar-refractivity contribution in [1.82, 2.24) is 19.1 Å². The Labute approximate surface area is 197 Å². The lowest BCUT2D eigenvalue weighted by Gasteiger charge is -2.34. The van der Waals surface area contributed by atoms with E-state index in [4.69, 9.17) is 16.3 Å². The maximum Gasteiger partial charge on any atom is 0.270 e. The first-order chi connectivity index (χ1) is 15.4. The number of amides is 1. The second kappa shape index (κ2) is 10.0. The van der Waals surface area contributed by atoms with E-state index >= 15 is 0 Å². The van der Waals surface area contributed by atoms with Crippen molar-refractivity contribution in [1.29, 1.82) is 0 Å². The molecule has 0 radical (unpaired) electrons. The molecular formula is C21H27ClN4O4S2. The zero-order valence-corrected chi connectivity index (χ0v) is 20.3. The molecule has 2 fully saturated rings. The maximum atomic E-state index is 13.0. The van der Waals surface area contributed by atoms with Crippen LogP contribution in [0, 0.1) is 0 Å². The van der Waals surface area contributed by atoms with Gasteiger partial charge in [-0.05, 0) is 24.3 Å². The lowest BCUT2D eigenvalue weighted by molar-refractivity contribution is 0.0622. The minimum Gasteiger partial charge on any atom is -0.496 e. The molecule has 0 bridgehead atoms. The van der Waals surface area contributed by atoms with Gasteiger partial charge in [-0.1, -0.05) is 11.6 Å². The first-order valence-electron chi connectivity index (χ1n) is 10.5. The molecule has 32 heavy (non-hydrogen) atoms. The number of carbonyl (C=O) groups is 1. The van der Waals surface area contributed by atoms with E-state index in [9.17, 15) is 13.2 Å². The first kappa shape index (κ1) is 23.4. The van der Waals surface area contributed by atoms with Gasteiger partial charge in [0.1, 0.15) is 16.3 Å². The van der Waals surface area contributed by atoms with E-state index in [0.717, 1.165) is 22.8 Å². The number of H-pyrrole nitrogens is 1. The van der Waals surface area contributed by atoms with E-state index in [1.54, 1.807) is 29.8 Å². The Balaban J connectivity index is 1.36. The fraction of sp³-hybridized carbons (Fsp3) is 0.476. The van der Waals surface area contributed by atoms with E-state index < -0.39 is 10.0 Å². The third-order valence-electron chi connectivity index (χ3n) is 5.79. The Kier molecular flexibility index (Phi) is 7.36. The topological polar surface area (TPSA) is 85.9 Å². The van der Waals surface area contributed by atoms with Crippen molar-refractivity contribution in [3.63, 3.8) is 0 Å². The summed E-state index contributed by atoms with van der Waals surface area (Å²) in [5.41, 5.74) is 1.31. The van der Waals surface area contributed by atoms with Crippen LogP contribution in [0.15, 0.2) is 35.4 Å². The van der Waals surface area contributed by atoms with Crippen LogP contribution in [-0.2, 0) is 16.6 Å². The quantitative estimate of drug-likeness (QED) is 0.658. The SMILES string of the molecule is COc1ccc(Cl)cc1CN1CCN(C(=O)c2cc(S(=O)(=O)N3CCSCC3)c[nH]2)CC1. The summed E-state index contributed by atoms with van der Waals surface area (Å²) in [5.74, 6) is 2.20. The molecule has 2 aliphatic rings. The predicted molar refractivity (Wildman–Crippen MR) is 126 cm³/mol. The summed E-state index contributed by atoms with van der Waals surface area (Å²) in [6.45, 7) is 4.22. The van der Waals surface area contributed by atoms with Crippen LogP contribution in [0.3, 0.4) is 0 Å². The lowest BCUT2D eigenvalue weighted by Crippen LogP contribution is -2.48. The van der Waals surface area contributed by atoms with E-state index in [1.807, 2.05) is 12.1 Å². The van der Waals surface area contributed by atoms with Gasteiger partial charge in [0.2, 0.25) is 10.0 Å². The van der Waals surface area contributed by atoms with Crippen molar-refractivity contribution in [3.8, 4) is 5.75 Å². The third-order valence-corrected chi connectivity index (χ3v) is 8.84. The Morgan fingerprint density at radius 1 is 1.12 bits per heavy atom. The monoisotopic (exact) mass is 498 g/mol. The number of benzene rings is 1. The van der Waals surface area contributed by atoms with Crippen molar-refractivity contribution in [2.24, 2.45) is 0 Å². The average molecular weight is 499 g/mol. The smallest absolute Gasteiger partial charge is 0.270 e. The van der Waals surface area contributed by atoms with Crippen molar-refractivity contribution in [2.45, 2.75) is 11.4 Å². The van der Waals surface area contributed by atoms with Crippen LogP contribution in [-0.4, -0.2) is 91.3 Å². The van der Waals surface area contributed by atoms with Gasteiger partial charge in [0.15, 0.2) is 0 Å². The number of nitrogens with zero attached hydrogens (tertiary/aromatic N) is 3. The highest BCUT2D eigenvalue weighted by Crippen LogP contribution is 2.25. The molecule has 174 valence electrons. The number of sulfonamides is 1. The van der Waals surface area contributed by atoms with Crippen LogP contribution in [0.4, 0.5) is 0 Å². The van der Waals surface area contributed by atoms with E-state index in [0.29, 0.717) is 56.5 Å². The molecule has 3 heterocycles. The molecule has 2 saturated heterocycles. The summed E-state index contributed by atoms with van der Waals surface area (Å²) >= 11 is 7.88. The minimum absolute atomic E-state index is 0.152. The number of nitrogens with one attached hydrogen (secondary N) is 1. The number of ether oxygens (including phenoxy) is 1. The summed E-state index contributed by atoms with van der Waals surface area (Å²) in [4.78, 5) is 20.0. The molecule has 1 aromatic heterocycles. The highest BCUT2D eigenvalue weighted by molar-refractivity contribution is 7.99. The molecule has 0 saturated carbocycles. The third kappa shape index (κ3) is 5.09. The van der Waals surface area contributed by atoms with E-state index in [-0.39, 0.29) is 10.8 Å². The van der Waals surface area contributed by atoms with Crippen LogP contribution >= 0.6 is 23.4 Å². The van der Waals surface area contributed by atoms with Crippen LogP contribution in [0.2, 0.25) is 5.02 Å². The van der Waals surface area contributed by atoms with Gasteiger partial charge in [-0.25, -0.2) is 8.42 Å². The summed E-state index contributed by atoms with van der Waals surface area (Å²) in [6, 6.07) is 7.02. The Hall–Kier alpha value is -1.72. The molecular weight excluding hydrogens is 472 g/mol. The fourth-order valence-corrected chi connectivity index (χ4v) is 6.74. The second-order valence-corrected chi connectivity index (χ2v) is 11.4. The highest BCUT2D eigenvalue weighted by Gasteiger charge is 2.29. The number of hydrogen-bond donors (Lipinski definition) is 1. The molecule has 2 aliphatic heterocycles. The van der Waals surface area contributed by atoms with Gasteiger partial charge in [-0.2, -0.15) is 16.1 Å². The van der Waals surface area contributed by atoms with Crippen LogP contribution in [0.1, 0.15) is 16.1 Å². The van der Waals surface area contributed by atoms with Crippen LogP contribution < -0.4 is 4.74 Å². The van der Waals surface area contributed by atoms with Crippen molar-refractivity contribution in [2.75, 3.05) is 57.9 Å². The molecule has 0 aliphatic carbocycles. The standard InChI is InChI=1S/C21H27ClN4O4S2/c1-30-20-3-2-17(22)12-16(20)15-24-4-6-25(7-5-24)21(27)19-13-18(14-23-19)32(28,29)26-8-10-31-11-9-26/h2-3,12-14,23H,4-11,15H2,1H3. The number of hydrogen-bond acceptors (Lipinski definition) is 6. The van der Waals surface area contributed by atoms with Gasteiger partial charge in [-0.15, -0.1) is 0 Å². The predicted octanol–water partition coefficient (Wildman–Crippen LogP) is 2.37. The van der Waals surface area contributed by atoms with Gasteiger partial charge in [0.05, 0.1) is 7.11 Å². The number of halogens is 1. The van der Waals surface area contributed by atoms with Crippen molar-refractivity contribution >= 4 is 39.3 Å². The van der Waals surface area contributed by atoms with Crippen molar-refractivity contribution in [3.05, 3.63) is 46.7 Å². The zero-order valence-electron chi connectivity index (χ0n) is 17.9. The van der Waals surface area contributed by atoms with Gasteiger partial charge in [-0.3, -0.25) is 9.69 Å². The molecule has 4 rings (SSSR count). The molecule has 0 spiro atoms. The van der Waals surface area contributed by atoms with E-state index in [1.165, 1.54) is 16.6 Å². The number of methoxy groups -OCH3 is 1. The number of piperazine rings is 1. The van der Waals surface area contributed by atoms with Gasteiger partial charge in [0.25, 0.3) is 5.91 Å². The zero-order chi connectivity index (χ0) is 22.7. The number of aromatic amines is 1. The number of aromatic nitrogens is 1. The summed E-state index contributed by atoms with van der Waals surface area (Å²) in [7, 11) is -1.93. The van der Waals surface area contributed by atoms with Crippen molar-refractivity contribution < 1.29 is 17.9 Å². The average Bonchev–Trinajstić information content (AvgIpc) is 3.31. The summed E-state index contributed by atoms with van der Waals surface area (Å²) in [5, 5.41) is 0.662. The fourth-order valence-electron chi connectivity index (χ4n) is 3.97. The highest BCUT2D eigenvalue weighted by atomic mass is 35.5. The van der Waals surface area contributed by atoms with Gasteiger partial charge in [0, 0.05) is 74.1 Å². The number of rotatable bonds is 6. The van der Waals surface area contributed by atoms with E-state index in [2.05, 4.69) is 9.88 Å². The molecule has 1 amide bonds. The molecule has 0 atom stereocenters. The molecule has 0 unspecified atom stereocenters. The Morgan fingerprint density at radius 3 is 2.53 bits per heavy atom. The largest absolute Gasteiger partial charge is 0.496 e. The lowest BCUT2D eigenvalue weighted by atomic mass is 10.1. The first-order valence-corrected chi connectivity index (χ1v) is 13.5. The second-order valence-electron chi connectivity index (χ2n) is 7.79. The summed E-state index contributed by atoms with van der Waals surface area (Å²) in [6.07, 6.45) is 1.42. The van der Waals surface area contributed by atoms with Gasteiger partial charge >= 0.3 is 0 Å². The minimum atomic E-state index is -3.57. The maximum absolute atomic E-state index is 13.0. The Morgan fingerprint density at radius 2 is 1.84 bits per heavy atom. The molecule has 8 nitrogen and oxygen atoms in total. The number of thioether (sulfide) groups is 1. The normalized spacial score (nSPS) is 18.6. The number of carbonyl (C=O) groups excluding carboxylic acids is 1. The Bertz CT molecular complexity index is 1060. The van der Waals surface area contributed by atoms with Crippen LogP contribution in [0.25, 0.3) is 0 Å². The molecule has 11 heteroatoms. The molecule has 2 aromatic rings. The van der Waals surface area contributed by atoms with Crippen LogP contribution in [0.5, 0.6) is 5.75 Å². The van der Waals surface area contributed by atoms with Gasteiger partial charge < -0.3 is 14.6 Å².